The lowest BCUT2D eigenvalue weighted by molar-refractivity contribution is -0.121. The molecule has 0 radical (unpaired) electrons. The monoisotopic (exact) mass is 428 g/mol. The number of amides is 1. The van der Waals surface area contributed by atoms with E-state index in [1.807, 2.05) is 11.5 Å². The minimum absolute atomic E-state index is 0.0399. The van der Waals surface area contributed by atoms with Crippen molar-refractivity contribution in [1.29, 1.82) is 0 Å². The second-order valence-corrected chi connectivity index (χ2v) is 14.7. The zero-order valence-corrected chi connectivity index (χ0v) is 18.7. The molecule has 2 aromatic rings. The van der Waals surface area contributed by atoms with Gasteiger partial charge in [0.1, 0.15) is 12.5 Å². The third-order valence-corrected chi connectivity index (χ3v) is 7.54. The van der Waals surface area contributed by atoms with Crippen molar-refractivity contribution in [3.05, 3.63) is 27.4 Å². The molecule has 1 aromatic carbocycles. The zero-order chi connectivity index (χ0) is 19.9. The van der Waals surface area contributed by atoms with Gasteiger partial charge in [-0.1, -0.05) is 42.8 Å². The van der Waals surface area contributed by atoms with Gasteiger partial charge in [0.25, 0.3) is 0 Å². The van der Waals surface area contributed by atoms with Crippen LogP contribution in [0.2, 0.25) is 35.7 Å². The number of aromatic hydroxyl groups is 1. The first kappa shape index (κ1) is 20.5. The molecule has 0 aliphatic carbocycles. The third-order valence-electron chi connectivity index (χ3n) is 5.05. The van der Waals surface area contributed by atoms with Crippen molar-refractivity contribution in [2.24, 2.45) is 0 Å². The molecule has 0 spiro atoms. The van der Waals surface area contributed by atoms with Crippen molar-refractivity contribution in [1.82, 2.24) is 9.88 Å². The number of rotatable bonds is 5. The van der Waals surface area contributed by atoms with Gasteiger partial charge in [0, 0.05) is 44.8 Å². The van der Waals surface area contributed by atoms with Crippen LogP contribution in [0.5, 0.6) is 5.75 Å². The Bertz CT molecular complexity index is 890. The van der Waals surface area contributed by atoms with E-state index < -0.39 is 14.0 Å². The summed E-state index contributed by atoms with van der Waals surface area (Å²) in [6.45, 7) is 10.3. The summed E-state index contributed by atoms with van der Waals surface area (Å²) in [7, 11) is -1.19. The van der Waals surface area contributed by atoms with Crippen molar-refractivity contribution >= 4 is 48.1 Å². The average Bonchev–Trinajstić information content (AvgIpc) is 2.82. The molecule has 0 fully saturated rings. The van der Waals surface area contributed by atoms with E-state index in [2.05, 4.69) is 25.0 Å². The molecule has 1 atom stereocenters. The molecular weight excluding hydrogens is 403 g/mol. The highest BCUT2D eigenvalue weighted by Gasteiger charge is 2.31. The summed E-state index contributed by atoms with van der Waals surface area (Å²) in [5.41, 5.74) is 2.41. The van der Waals surface area contributed by atoms with Gasteiger partial charge >= 0.3 is 0 Å². The SMILES string of the molecule is CC1C(=O)NCCc2c1c1c(O)cc(Cl)c(Cl)c1n2COCC[Si](C)(C)C. The van der Waals surface area contributed by atoms with Crippen LogP contribution in [0.15, 0.2) is 6.07 Å². The van der Waals surface area contributed by atoms with Crippen LogP contribution in [0.25, 0.3) is 10.9 Å². The molecular formula is C19H26Cl2N2O3Si. The standard InChI is InChI=1S/C19H26Cl2N2O3Si/c1-11-15-13(5-6-22-19(11)25)23(10-26-7-8-27(2,3)4)18-16(15)14(24)9-12(20)17(18)21/h9,11,24H,5-8,10H2,1-4H3,(H,22,25). The summed E-state index contributed by atoms with van der Waals surface area (Å²) in [5.74, 6) is -0.410. The second-order valence-electron chi connectivity index (χ2n) is 8.31. The van der Waals surface area contributed by atoms with Crippen LogP contribution in [0.4, 0.5) is 0 Å². The highest BCUT2D eigenvalue weighted by atomic mass is 35.5. The predicted molar refractivity (Wildman–Crippen MR) is 113 cm³/mol. The molecule has 3 rings (SSSR count). The lowest BCUT2D eigenvalue weighted by atomic mass is 9.96. The number of nitrogens with one attached hydrogen (secondary N) is 1. The van der Waals surface area contributed by atoms with Crippen LogP contribution >= 0.6 is 23.2 Å². The Morgan fingerprint density at radius 3 is 2.74 bits per heavy atom. The molecule has 1 aromatic heterocycles. The molecule has 2 N–H and O–H groups in total. The minimum atomic E-state index is -1.19. The van der Waals surface area contributed by atoms with Crippen LogP contribution in [0.3, 0.4) is 0 Å². The number of ether oxygens (including phenoxy) is 1. The molecule has 1 aliphatic heterocycles. The van der Waals surface area contributed by atoms with Crippen molar-refractivity contribution in [3.63, 3.8) is 0 Å². The van der Waals surface area contributed by atoms with Crippen molar-refractivity contribution in [2.45, 2.75) is 51.7 Å². The maximum atomic E-state index is 12.4. The highest BCUT2D eigenvalue weighted by molar-refractivity contribution is 6.76. The molecule has 148 valence electrons. The first-order valence-electron chi connectivity index (χ1n) is 9.19. The third kappa shape index (κ3) is 3.99. The number of benzene rings is 1. The summed E-state index contributed by atoms with van der Waals surface area (Å²) < 4.78 is 7.95. The number of fused-ring (bicyclic) bond motifs is 3. The fourth-order valence-corrected chi connectivity index (χ4v) is 4.74. The molecule has 8 heteroatoms. The van der Waals surface area contributed by atoms with Crippen LogP contribution in [-0.2, 0) is 22.7 Å². The Balaban J connectivity index is 2.11. The van der Waals surface area contributed by atoms with Gasteiger partial charge in [-0.15, -0.1) is 0 Å². The number of halogens is 2. The Kier molecular flexibility index (Phi) is 5.82. The average molecular weight is 429 g/mol. The quantitative estimate of drug-likeness (QED) is 0.533. The first-order valence-corrected chi connectivity index (χ1v) is 13.7. The number of carbonyl (C=O) groups excluding carboxylic acids is 1. The van der Waals surface area contributed by atoms with E-state index in [1.54, 1.807) is 0 Å². The molecule has 5 nitrogen and oxygen atoms in total. The predicted octanol–water partition coefficient (Wildman–Crippen LogP) is 4.74. The van der Waals surface area contributed by atoms with E-state index >= 15 is 0 Å². The summed E-state index contributed by atoms with van der Waals surface area (Å²) in [4.78, 5) is 12.4. The lowest BCUT2D eigenvalue weighted by Crippen LogP contribution is -2.27. The van der Waals surface area contributed by atoms with Gasteiger partial charge in [-0.25, -0.2) is 0 Å². The van der Waals surface area contributed by atoms with E-state index in [1.165, 1.54) is 6.07 Å². The second kappa shape index (κ2) is 7.66. The van der Waals surface area contributed by atoms with E-state index in [-0.39, 0.29) is 16.7 Å². The van der Waals surface area contributed by atoms with Crippen LogP contribution in [-0.4, -0.2) is 36.8 Å². The van der Waals surface area contributed by atoms with E-state index in [0.29, 0.717) is 42.2 Å². The van der Waals surface area contributed by atoms with Gasteiger partial charge in [0.2, 0.25) is 5.91 Å². The zero-order valence-electron chi connectivity index (χ0n) is 16.2. The molecule has 0 saturated heterocycles. The van der Waals surface area contributed by atoms with Gasteiger partial charge in [-0.3, -0.25) is 4.79 Å². The normalized spacial score (nSPS) is 17.7. The molecule has 27 heavy (non-hydrogen) atoms. The maximum absolute atomic E-state index is 12.4. The molecule has 1 aliphatic rings. The molecule has 2 heterocycles. The number of phenols is 1. The summed E-state index contributed by atoms with van der Waals surface area (Å²) in [5, 5.41) is 14.8. The Hall–Kier alpha value is -1.21. The van der Waals surface area contributed by atoms with E-state index in [4.69, 9.17) is 27.9 Å². The van der Waals surface area contributed by atoms with E-state index in [0.717, 1.165) is 17.3 Å². The van der Waals surface area contributed by atoms with Gasteiger partial charge in [-0.2, -0.15) is 0 Å². The smallest absolute Gasteiger partial charge is 0.227 e. The fourth-order valence-electron chi connectivity index (χ4n) is 3.54. The molecule has 0 saturated carbocycles. The first-order chi connectivity index (χ1) is 12.6. The molecule has 0 bridgehead atoms. The van der Waals surface area contributed by atoms with Crippen molar-refractivity contribution in [2.75, 3.05) is 13.2 Å². The van der Waals surface area contributed by atoms with Gasteiger partial charge < -0.3 is 19.7 Å². The maximum Gasteiger partial charge on any atom is 0.227 e. The van der Waals surface area contributed by atoms with Crippen molar-refractivity contribution in [3.8, 4) is 5.75 Å². The number of hydrogen-bond donors (Lipinski definition) is 2. The van der Waals surface area contributed by atoms with Crippen molar-refractivity contribution < 1.29 is 14.6 Å². The Labute approximate surface area is 170 Å². The van der Waals surface area contributed by atoms with Gasteiger partial charge in [-0.05, 0) is 18.5 Å². The molecule has 1 amide bonds. The minimum Gasteiger partial charge on any atom is -0.507 e. The summed E-state index contributed by atoms with van der Waals surface area (Å²) in [6.07, 6.45) is 0.644. The topological polar surface area (TPSA) is 63.5 Å². The Morgan fingerprint density at radius 2 is 2.07 bits per heavy atom. The molecule has 1 unspecified atom stereocenters. The van der Waals surface area contributed by atoms with Gasteiger partial charge in [0.15, 0.2) is 0 Å². The number of aromatic nitrogens is 1. The number of carbonyl (C=O) groups is 1. The summed E-state index contributed by atoms with van der Waals surface area (Å²) in [6, 6.07) is 2.50. The lowest BCUT2D eigenvalue weighted by Gasteiger charge is -2.17. The Morgan fingerprint density at radius 1 is 1.37 bits per heavy atom. The van der Waals surface area contributed by atoms with Gasteiger partial charge in [0.05, 0.1) is 21.5 Å². The number of nitrogens with zero attached hydrogens (tertiary/aromatic N) is 1. The fraction of sp³-hybridized carbons (Fsp3) is 0.526. The highest BCUT2D eigenvalue weighted by Crippen LogP contribution is 2.44. The summed E-state index contributed by atoms with van der Waals surface area (Å²) >= 11 is 12.7. The van der Waals surface area contributed by atoms with Crippen LogP contribution < -0.4 is 5.32 Å². The largest absolute Gasteiger partial charge is 0.507 e. The number of hydrogen-bond acceptors (Lipinski definition) is 3. The van der Waals surface area contributed by atoms with Crippen LogP contribution in [0.1, 0.15) is 24.1 Å². The number of phenolic OH excluding ortho intramolecular Hbond substituents is 1. The van der Waals surface area contributed by atoms with Crippen LogP contribution in [0, 0.1) is 0 Å². The van der Waals surface area contributed by atoms with E-state index in [9.17, 15) is 9.90 Å².